The molecule has 0 saturated carbocycles. The van der Waals surface area contributed by atoms with Gasteiger partial charge in [0.15, 0.2) is 5.16 Å². The maximum absolute atomic E-state index is 10.4. The minimum atomic E-state index is -0.668. The summed E-state index contributed by atoms with van der Waals surface area (Å²) in [6, 6.07) is 1.35. The van der Waals surface area contributed by atoms with Crippen LogP contribution in [0, 0.1) is 0 Å². The van der Waals surface area contributed by atoms with Gasteiger partial charge in [0.05, 0.1) is 6.21 Å². The van der Waals surface area contributed by atoms with Gasteiger partial charge in [-0.3, -0.25) is 0 Å². The van der Waals surface area contributed by atoms with Crippen molar-refractivity contribution in [3.63, 3.8) is 0 Å². The molecule has 0 fully saturated rings. The van der Waals surface area contributed by atoms with Gasteiger partial charge < -0.3 is 10.3 Å². The van der Waals surface area contributed by atoms with Crippen LogP contribution in [-0.4, -0.2) is 21.8 Å². The molecular weight excluding hydrogens is 282 g/mol. The molecule has 8 heteroatoms. The number of hydrogen-bond donors (Lipinski definition) is 2. The van der Waals surface area contributed by atoms with Crippen LogP contribution in [0.1, 0.15) is 10.4 Å². The Morgan fingerprint density at radius 2 is 2.58 bits per heavy atom. The smallest absolute Gasteiger partial charge is 0.332 e. The van der Waals surface area contributed by atoms with Crippen molar-refractivity contribution in [3.05, 3.63) is 34.3 Å². The highest BCUT2D eigenvalue weighted by atomic mass is 32.2. The summed E-state index contributed by atoms with van der Waals surface area (Å²) in [5, 5.41) is 6.76. The number of aryl methyl sites for hydroxylation is 1. The van der Waals surface area contributed by atoms with Crippen molar-refractivity contribution in [1.82, 2.24) is 15.0 Å². The van der Waals surface area contributed by atoms with Crippen LogP contribution in [0.4, 0.5) is 4.79 Å². The molecule has 6 nitrogen and oxygen atoms in total. The quantitative estimate of drug-likeness (QED) is 0.501. The van der Waals surface area contributed by atoms with E-state index in [4.69, 9.17) is 5.73 Å². The first-order chi connectivity index (χ1) is 9.15. The van der Waals surface area contributed by atoms with Crippen LogP contribution >= 0.6 is 23.1 Å². The second kappa shape index (κ2) is 6.39. The van der Waals surface area contributed by atoms with Gasteiger partial charge in [-0.15, -0.1) is 11.3 Å². The maximum Gasteiger partial charge on any atom is 0.332 e. The van der Waals surface area contributed by atoms with Gasteiger partial charge in [-0.2, -0.15) is 5.10 Å². The minimum Gasteiger partial charge on any atom is -0.350 e. The number of nitrogens with one attached hydrogen (secondary N) is 1. The third-order valence-electron chi connectivity index (χ3n) is 2.19. The molecule has 0 atom stereocenters. The third kappa shape index (κ3) is 4.11. The number of rotatable bonds is 5. The molecule has 100 valence electrons. The molecule has 2 aromatic rings. The Hall–Kier alpha value is -1.80. The van der Waals surface area contributed by atoms with Crippen molar-refractivity contribution in [3.8, 4) is 0 Å². The molecule has 2 heterocycles. The predicted molar refractivity (Wildman–Crippen MR) is 77.4 cm³/mol. The van der Waals surface area contributed by atoms with Crippen LogP contribution in [0.15, 0.2) is 34.1 Å². The fourth-order valence-corrected chi connectivity index (χ4v) is 3.08. The third-order valence-corrected chi connectivity index (χ3v) is 4.23. The highest BCUT2D eigenvalue weighted by molar-refractivity contribution is 7.98. The van der Waals surface area contributed by atoms with E-state index >= 15 is 0 Å². The molecule has 0 spiro atoms. The fraction of sp³-hybridized carbons (Fsp3) is 0.182. The van der Waals surface area contributed by atoms with E-state index < -0.39 is 6.03 Å². The molecule has 0 unspecified atom stereocenters. The number of hydrazone groups is 1. The van der Waals surface area contributed by atoms with Gasteiger partial charge in [-0.1, -0.05) is 11.8 Å². The number of nitrogens with zero attached hydrogens (tertiary/aromatic N) is 3. The fourth-order valence-electron chi connectivity index (χ4n) is 1.34. The molecule has 0 aromatic carbocycles. The Morgan fingerprint density at radius 1 is 1.74 bits per heavy atom. The van der Waals surface area contributed by atoms with Crippen molar-refractivity contribution < 1.29 is 4.79 Å². The lowest BCUT2D eigenvalue weighted by atomic mass is 10.3. The molecule has 3 N–H and O–H groups in total. The standard InChI is InChI=1S/C11H13N5OS2/c1-16-3-2-13-11(16)19-7-8-4-9(18-6-8)5-14-15-10(12)17/h2-6H,7H2,1H3,(H3,12,15,17)/b14-5+. The summed E-state index contributed by atoms with van der Waals surface area (Å²) in [7, 11) is 1.97. The molecule has 2 rings (SSSR count). The molecule has 0 aliphatic heterocycles. The van der Waals surface area contributed by atoms with E-state index in [-0.39, 0.29) is 0 Å². The monoisotopic (exact) mass is 295 g/mol. The summed E-state index contributed by atoms with van der Waals surface area (Å²) < 4.78 is 1.98. The lowest BCUT2D eigenvalue weighted by Gasteiger charge is -1.99. The van der Waals surface area contributed by atoms with E-state index in [9.17, 15) is 4.79 Å². The Morgan fingerprint density at radius 3 is 3.26 bits per heavy atom. The molecule has 0 bridgehead atoms. The van der Waals surface area contributed by atoms with Gasteiger partial charge in [0.25, 0.3) is 0 Å². The summed E-state index contributed by atoms with van der Waals surface area (Å²) >= 11 is 3.23. The van der Waals surface area contributed by atoms with Crippen LogP contribution < -0.4 is 11.2 Å². The van der Waals surface area contributed by atoms with Gasteiger partial charge >= 0.3 is 6.03 Å². The van der Waals surface area contributed by atoms with Gasteiger partial charge in [0, 0.05) is 30.1 Å². The summed E-state index contributed by atoms with van der Waals surface area (Å²) in [5.41, 5.74) is 8.26. The van der Waals surface area contributed by atoms with Crippen LogP contribution in [0.25, 0.3) is 0 Å². The lowest BCUT2D eigenvalue weighted by Crippen LogP contribution is -2.24. The number of carbonyl (C=O) groups is 1. The Labute approximate surface area is 118 Å². The van der Waals surface area contributed by atoms with Gasteiger partial charge in [0.1, 0.15) is 0 Å². The van der Waals surface area contributed by atoms with Crippen LogP contribution in [-0.2, 0) is 12.8 Å². The zero-order valence-electron chi connectivity index (χ0n) is 10.2. The molecule has 0 aliphatic carbocycles. The highest BCUT2D eigenvalue weighted by Gasteiger charge is 2.03. The van der Waals surface area contributed by atoms with E-state index in [0.29, 0.717) is 0 Å². The Kier molecular flexibility index (Phi) is 4.58. The van der Waals surface area contributed by atoms with Crippen LogP contribution in [0.5, 0.6) is 0 Å². The number of thiophene rings is 1. The van der Waals surface area contributed by atoms with Crippen LogP contribution in [0.2, 0.25) is 0 Å². The SMILES string of the molecule is Cn1ccnc1SCc1csc(/C=N/NC(N)=O)c1. The van der Waals surface area contributed by atoms with Crippen LogP contribution in [0.3, 0.4) is 0 Å². The first-order valence-electron chi connectivity index (χ1n) is 5.41. The molecule has 0 saturated heterocycles. The van der Waals surface area contributed by atoms with Crippen molar-refractivity contribution in [2.24, 2.45) is 17.9 Å². The van der Waals surface area contributed by atoms with Crippen molar-refractivity contribution in [2.75, 3.05) is 0 Å². The minimum absolute atomic E-state index is 0.668. The van der Waals surface area contributed by atoms with E-state index in [0.717, 1.165) is 15.8 Å². The molecule has 2 aromatic heterocycles. The van der Waals surface area contributed by atoms with Gasteiger partial charge in [0.2, 0.25) is 0 Å². The second-order valence-corrected chi connectivity index (χ2v) is 5.59. The van der Waals surface area contributed by atoms with E-state index in [2.05, 4.69) is 20.9 Å². The number of primary amides is 1. The Bertz CT molecular complexity index is 589. The average molecular weight is 295 g/mol. The number of carbonyl (C=O) groups excluding carboxylic acids is 1. The Balaban J connectivity index is 1.89. The first-order valence-corrected chi connectivity index (χ1v) is 7.27. The highest BCUT2D eigenvalue weighted by Crippen LogP contribution is 2.23. The van der Waals surface area contributed by atoms with E-state index in [1.54, 1.807) is 35.5 Å². The summed E-state index contributed by atoms with van der Waals surface area (Å²) in [4.78, 5) is 15.7. The van der Waals surface area contributed by atoms with Crippen molar-refractivity contribution in [2.45, 2.75) is 10.9 Å². The first kappa shape index (κ1) is 13.6. The second-order valence-electron chi connectivity index (χ2n) is 3.70. The number of aromatic nitrogens is 2. The zero-order chi connectivity index (χ0) is 13.7. The van der Waals surface area contributed by atoms with Gasteiger partial charge in [-0.05, 0) is 17.0 Å². The zero-order valence-corrected chi connectivity index (χ0v) is 11.9. The van der Waals surface area contributed by atoms with Crippen molar-refractivity contribution >= 4 is 35.3 Å². The van der Waals surface area contributed by atoms with Gasteiger partial charge in [-0.25, -0.2) is 15.2 Å². The van der Waals surface area contributed by atoms with E-state index in [1.165, 1.54) is 5.56 Å². The molecular formula is C11H13N5OS2. The van der Waals surface area contributed by atoms with Crippen molar-refractivity contribution in [1.29, 1.82) is 0 Å². The normalized spacial score (nSPS) is 11.0. The molecule has 0 radical (unpaired) electrons. The largest absolute Gasteiger partial charge is 0.350 e. The summed E-state index contributed by atoms with van der Waals surface area (Å²) in [6.07, 6.45) is 5.28. The molecule has 19 heavy (non-hydrogen) atoms. The maximum atomic E-state index is 10.4. The number of hydrogen-bond acceptors (Lipinski definition) is 5. The predicted octanol–water partition coefficient (Wildman–Crippen LogP) is 1.78. The topological polar surface area (TPSA) is 85.3 Å². The lowest BCUT2D eigenvalue weighted by molar-refractivity contribution is 0.249. The molecule has 0 aliphatic rings. The number of urea groups is 1. The summed E-state index contributed by atoms with van der Waals surface area (Å²) in [5.74, 6) is 0.846. The average Bonchev–Trinajstić information content (AvgIpc) is 2.95. The molecule has 2 amide bonds. The number of imidazole rings is 1. The summed E-state index contributed by atoms with van der Waals surface area (Å²) in [6.45, 7) is 0. The number of amides is 2. The van der Waals surface area contributed by atoms with E-state index in [1.807, 2.05) is 23.9 Å². The number of nitrogens with two attached hydrogens (primary N) is 1. The number of thioether (sulfide) groups is 1.